The molecule has 0 spiro atoms. The van der Waals surface area contributed by atoms with Crippen molar-refractivity contribution in [2.45, 2.75) is 18.7 Å². The quantitative estimate of drug-likeness (QED) is 0.533. The highest BCUT2D eigenvalue weighted by molar-refractivity contribution is 7.92. The number of hydrogen-bond donors (Lipinski definition) is 1. The zero-order valence-electron chi connectivity index (χ0n) is 13.8. The van der Waals surface area contributed by atoms with E-state index in [1.54, 1.807) is 30.8 Å². The van der Waals surface area contributed by atoms with Crippen LogP contribution in [0.2, 0.25) is 0 Å². The predicted octanol–water partition coefficient (Wildman–Crippen LogP) is 1.99. The zero-order chi connectivity index (χ0) is 18.9. The summed E-state index contributed by atoms with van der Waals surface area (Å²) < 4.78 is 29.3. The van der Waals surface area contributed by atoms with E-state index >= 15 is 0 Å². The van der Waals surface area contributed by atoms with Crippen LogP contribution in [0.4, 0.5) is 11.5 Å². The second-order valence-electron chi connectivity index (χ2n) is 5.42. The Labute approximate surface area is 148 Å². The lowest BCUT2D eigenvalue weighted by Crippen LogP contribution is -2.16. The molecule has 1 aromatic carbocycles. The average molecular weight is 374 g/mol. The maximum absolute atomic E-state index is 12.6. The van der Waals surface area contributed by atoms with Crippen molar-refractivity contribution in [1.29, 1.82) is 0 Å². The number of anilines is 1. The van der Waals surface area contributed by atoms with Gasteiger partial charge in [-0.2, -0.15) is 0 Å². The van der Waals surface area contributed by atoms with Gasteiger partial charge >= 0.3 is 0 Å². The number of imidazole rings is 1. The number of rotatable bonds is 5. The molecular formula is C15H14N6O4S. The maximum atomic E-state index is 12.6. The fourth-order valence-electron chi connectivity index (χ4n) is 2.34. The van der Waals surface area contributed by atoms with Gasteiger partial charge in [0.25, 0.3) is 15.7 Å². The fourth-order valence-corrected chi connectivity index (χ4v) is 3.60. The number of aryl methyl sites for hydroxylation is 2. The van der Waals surface area contributed by atoms with E-state index in [-0.39, 0.29) is 16.4 Å². The van der Waals surface area contributed by atoms with Crippen LogP contribution in [0.3, 0.4) is 0 Å². The average Bonchev–Trinajstić information content (AvgIpc) is 3.00. The number of nitro groups is 1. The van der Waals surface area contributed by atoms with Gasteiger partial charge in [0.15, 0.2) is 0 Å². The molecule has 0 aliphatic carbocycles. The Morgan fingerprint density at radius 3 is 2.58 bits per heavy atom. The largest absolute Gasteiger partial charge is 0.288 e. The Balaban J connectivity index is 1.97. The van der Waals surface area contributed by atoms with Crippen LogP contribution in [0.25, 0.3) is 5.82 Å². The standard InChI is InChI=1S/C15H14N6O4S/c1-10-3-4-12(21(22)23)7-13(10)26(24,25)19-14-8-15(18-9-17-14)20-6-5-16-11(20)2/h3-9H,1-2H3,(H,17,18,19). The molecule has 0 aliphatic heterocycles. The van der Waals surface area contributed by atoms with Crippen LogP contribution in [0.15, 0.2) is 47.9 Å². The van der Waals surface area contributed by atoms with Crippen LogP contribution < -0.4 is 4.72 Å². The Hall–Kier alpha value is -3.34. The molecule has 0 unspecified atom stereocenters. The van der Waals surface area contributed by atoms with Gasteiger partial charge < -0.3 is 0 Å². The number of benzene rings is 1. The Morgan fingerprint density at radius 1 is 1.15 bits per heavy atom. The Kier molecular flexibility index (Phi) is 4.38. The molecule has 0 bridgehead atoms. The van der Waals surface area contributed by atoms with Gasteiger partial charge in [-0.25, -0.2) is 23.4 Å². The first-order valence-corrected chi connectivity index (χ1v) is 8.86. The van der Waals surface area contributed by atoms with E-state index in [1.165, 1.54) is 24.5 Å². The third-order valence-electron chi connectivity index (χ3n) is 3.64. The minimum atomic E-state index is -4.07. The summed E-state index contributed by atoms with van der Waals surface area (Å²) in [6.07, 6.45) is 4.49. The van der Waals surface area contributed by atoms with E-state index in [9.17, 15) is 18.5 Å². The van der Waals surface area contributed by atoms with Crippen molar-refractivity contribution in [2.75, 3.05) is 4.72 Å². The van der Waals surface area contributed by atoms with Crippen molar-refractivity contribution in [3.63, 3.8) is 0 Å². The first-order chi connectivity index (χ1) is 12.3. The highest BCUT2D eigenvalue weighted by Crippen LogP contribution is 2.24. The molecule has 3 rings (SSSR count). The molecule has 0 amide bonds. The third kappa shape index (κ3) is 3.37. The Morgan fingerprint density at radius 2 is 1.92 bits per heavy atom. The molecule has 0 aliphatic rings. The van der Waals surface area contributed by atoms with Gasteiger partial charge in [0, 0.05) is 30.6 Å². The van der Waals surface area contributed by atoms with Gasteiger partial charge in [-0.05, 0) is 19.4 Å². The lowest BCUT2D eigenvalue weighted by molar-refractivity contribution is -0.385. The number of sulfonamides is 1. The molecule has 10 nitrogen and oxygen atoms in total. The number of hydrogen-bond acceptors (Lipinski definition) is 7. The summed E-state index contributed by atoms with van der Waals surface area (Å²) in [4.78, 5) is 22.2. The number of non-ortho nitro benzene ring substituents is 1. The SMILES string of the molecule is Cc1ccc([N+](=O)[O-])cc1S(=O)(=O)Nc1cc(-n2ccnc2C)ncn1. The van der Waals surface area contributed by atoms with Crippen LogP contribution in [0, 0.1) is 24.0 Å². The summed E-state index contributed by atoms with van der Waals surface area (Å²) in [5.41, 5.74) is 0.0659. The van der Waals surface area contributed by atoms with E-state index in [0.29, 0.717) is 17.2 Å². The molecule has 2 heterocycles. The smallest absolute Gasteiger partial charge is 0.270 e. The summed E-state index contributed by atoms with van der Waals surface area (Å²) in [6, 6.07) is 5.09. The van der Waals surface area contributed by atoms with Gasteiger partial charge in [-0.3, -0.25) is 19.4 Å². The first-order valence-electron chi connectivity index (χ1n) is 7.38. The predicted molar refractivity (Wildman–Crippen MR) is 92.5 cm³/mol. The van der Waals surface area contributed by atoms with E-state index in [1.807, 2.05) is 0 Å². The first kappa shape index (κ1) is 17.5. The molecular weight excluding hydrogens is 360 g/mol. The van der Waals surface area contributed by atoms with E-state index < -0.39 is 14.9 Å². The van der Waals surface area contributed by atoms with E-state index in [0.717, 1.165) is 6.07 Å². The van der Waals surface area contributed by atoms with Crippen molar-refractivity contribution < 1.29 is 13.3 Å². The molecule has 0 radical (unpaired) electrons. The Bertz CT molecular complexity index is 1090. The lowest BCUT2D eigenvalue weighted by atomic mass is 10.2. The zero-order valence-corrected chi connectivity index (χ0v) is 14.6. The number of nitro benzene ring substituents is 1. The molecule has 3 aromatic rings. The highest BCUT2D eigenvalue weighted by atomic mass is 32.2. The number of nitrogens with one attached hydrogen (secondary N) is 1. The highest BCUT2D eigenvalue weighted by Gasteiger charge is 2.21. The summed E-state index contributed by atoms with van der Waals surface area (Å²) in [5.74, 6) is 1.14. The van der Waals surface area contributed by atoms with Crippen molar-refractivity contribution in [3.05, 3.63) is 64.5 Å². The molecule has 11 heteroatoms. The monoisotopic (exact) mass is 374 g/mol. The van der Waals surface area contributed by atoms with Crippen LogP contribution in [0.1, 0.15) is 11.4 Å². The summed E-state index contributed by atoms with van der Waals surface area (Å²) in [6.45, 7) is 3.33. The van der Waals surface area contributed by atoms with Crippen LogP contribution in [-0.4, -0.2) is 32.9 Å². The maximum Gasteiger partial charge on any atom is 0.270 e. The molecule has 26 heavy (non-hydrogen) atoms. The summed E-state index contributed by atoms with van der Waals surface area (Å²) in [7, 11) is -4.07. The van der Waals surface area contributed by atoms with Crippen molar-refractivity contribution >= 4 is 21.5 Å². The number of aromatic nitrogens is 4. The van der Waals surface area contributed by atoms with Gasteiger partial charge in [0.2, 0.25) is 0 Å². The van der Waals surface area contributed by atoms with Crippen LogP contribution in [0.5, 0.6) is 0 Å². The van der Waals surface area contributed by atoms with Gasteiger partial charge in [-0.15, -0.1) is 0 Å². The van der Waals surface area contributed by atoms with Gasteiger partial charge in [0.1, 0.15) is 23.8 Å². The fraction of sp³-hybridized carbons (Fsp3) is 0.133. The van der Waals surface area contributed by atoms with Crippen molar-refractivity contribution in [3.8, 4) is 5.82 Å². The van der Waals surface area contributed by atoms with Crippen LogP contribution >= 0.6 is 0 Å². The summed E-state index contributed by atoms with van der Waals surface area (Å²) >= 11 is 0. The molecule has 134 valence electrons. The topological polar surface area (TPSA) is 133 Å². The normalized spacial score (nSPS) is 11.3. The van der Waals surface area contributed by atoms with Crippen molar-refractivity contribution in [2.24, 2.45) is 0 Å². The molecule has 0 saturated carbocycles. The van der Waals surface area contributed by atoms with Crippen molar-refractivity contribution in [1.82, 2.24) is 19.5 Å². The minimum Gasteiger partial charge on any atom is -0.288 e. The van der Waals surface area contributed by atoms with E-state index in [2.05, 4.69) is 19.7 Å². The molecule has 0 atom stereocenters. The molecule has 1 N–H and O–H groups in total. The third-order valence-corrected chi connectivity index (χ3v) is 5.13. The molecule has 0 fully saturated rings. The second kappa shape index (κ2) is 6.52. The summed E-state index contributed by atoms with van der Waals surface area (Å²) in [5, 5.41) is 10.9. The molecule has 2 aromatic heterocycles. The lowest BCUT2D eigenvalue weighted by Gasteiger charge is -2.11. The van der Waals surface area contributed by atoms with Gasteiger partial charge in [-0.1, -0.05) is 6.07 Å². The molecule has 0 saturated heterocycles. The second-order valence-corrected chi connectivity index (χ2v) is 7.07. The number of nitrogens with zero attached hydrogens (tertiary/aromatic N) is 5. The van der Waals surface area contributed by atoms with Gasteiger partial charge in [0.05, 0.1) is 9.82 Å². The minimum absolute atomic E-state index is 0.0361. The van der Waals surface area contributed by atoms with Crippen LogP contribution in [-0.2, 0) is 10.0 Å². The van der Waals surface area contributed by atoms with E-state index in [4.69, 9.17) is 0 Å².